The summed E-state index contributed by atoms with van der Waals surface area (Å²) >= 11 is 0. The van der Waals surface area contributed by atoms with Gasteiger partial charge in [0, 0.05) is 6.07 Å². The SMILES string of the molecule is O=Cc1cc2nc(-c3ccco3)c(C3CCCCC3)c(=O)n2[nH]1. The van der Waals surface area contributed by atoms with Crippen molar-refractivity contribution in [3.8, 4) is 11.5 Å². The van der Waals surface area contributed by atoms with Gasteiger partial charge in [0.05, 0.1) is 17.5 Å². The molecule has 3 aromatic rings. The maximum Gasteiger partial charge on any atom is 0.276 e. The lowest BCUT2D eigenvalue weighted by atomic mass is 9.83. The van der Waals surface area contributed by atoms with Gasteiger partial charge >= 0.3 is 0 Å². The standard InChI is InChI=1S/C17H17N3O3/c21-10-12-9-14-18-16(13-7-4-8-23-13)15(17(22)20(14)19-12)11-5-2-1-3-6-11/h4,7-11,19H,1-3,5-6H2. The number of rotatable bonds is 3. The summed E-state index contributed by atoms with van der Waals surface area (Å²) in [5.41, 5.74) is 1.92. The predicted octanol–water partition coefficient (Wildman–Crippen LogP) is 3.14. The number of fused-ring (bicyclic) bond motifs is 1. The summed E-state index contributed by atoms with van der Waals surface area (Å²) in [5.74, 6) is 0.780. The largest absolute Gasteiger partial charge is 0.463 e. The Kier molecular flexibility index (Phi) is 3.37. The van der Waals surface area contributed by atoms with E-state index in [2.05, 4.69) is 10.1 Å². The predicted molar refractivity (Wildman–Crippen MR) is 84.7 cm³/mol. The minimum absolute atomic E-state index is 0.138. The normalized spacial score (nSPS) is 16.0. The van der Waals surface area contributed by atoms with Gasteiger partial charge in [-0.1, -0.05) is 19.3 Å². The second-order valence-electron chi connectivity index (χ2n) is 6.01. The number of carbonyl (C=O) groups excluding carboxylic acids is 1. The van der Waals surface area contributed by atoms with Crippen molar-refractivity contribution in [3.63, 3.8) is 0 Å². The van der Waals surface area contributed by atoms with Crippen LogP contribution in [0, 0.1) is 0 Å². The van der Waals surface area contributed by atoms with E-state index in [0.29, 0.717) is 34.6 Å². The molecule has 3 heterocycles. The third-order valence-electron chi connectivity index (χ3n) is 4.56. The first kappa shape index (κ1) is 14.0. The number of nitrogens with zero attached hydrogens (tertiary/aromatic N) is 2. The highest BCUT2D eigenvalue weighted by Gasteiger charge is 2.26. The van der Waals surface area contributed by atoms with Gasteiger partial charge in [-0.05, 0) is 30.9 Å². The average Bonchev–Trinajstić information content (AvgIpc) is 3.25. The summed E-state index contributed by atoms with van der Waals surface area (Å²) in [4.78, 5) is 28.6. The van der Waals surface area contributed by atoms with E-state index in [1.54, 1.807) is 18.4 Å². The van der Waals surface area contributed by atoms with Crippen LogP contribution < -0.4 is 5.56 Å². The van der Waals surface area contributed by atoms with Gasteiger partial charge in [0.15, 0.2) is 17.7 Å². The van der Waals surface area contributed by atoms with Crippen molar-refractivity contribution in [1.82, 2.24) is 14.6 Å². The Morgan fingerprint density at radius 2 is 2.13 bits per heavy atom. The lowest BCUT2D eigenvalue weighted by Crippen LogP contribution is -2.25. The molecule has 0 amide bonds. The van der Waals surface area contributed by atoms with E-state index in [1.807, 2.05) is 6.07 Å². The number of aromatic amines is 1. The summed E-state index contributed by atoms with van der Waals surface area (Å²) in [6.07, 6.45) is 7.68. The molecule has 0 saturated heterocycles. The fourth-order valence-corrected chi connectivity index (χ4v) is 3.48. The molecule has 6 heteroatoms. The maximum atomic E-state index is 13.0. The molecule has 1 saturated carbocycles. The van der Waals surface area contributed by atoms with Gasteiger partial charge < -0.3 is 4.42 Å². The summed E-state index contributed by atoms with van der Waals surface area (Å²) in [5, 5.41) is 2.81. The van der Waals surface area contributed by atoms with Crippen LogP contribution >= 0.6 is 0 Å². The highest BCUT2D eigenvalue weighted by molar-refractivity contribution is 5.74. The van der Waals surface area contributed by atoms with Gasteiger partial charge in [-0.3, -0.25) is 14.7 Å². The quantitative estimate of drug-likeness (QED) is 0.753. The Labute approximate surface area is 132 Å². The molecular weight excluding hydrogens is 294 g/mol. The highest BCUT2D eigenvalue weighted by Crippen LogP contribution is 2.35. The molecule has 1 fully saturated rings. The van der Waals surface area contributed by atoms with Crippen LogP contribution in [0.2, 0.25) is 0 Å². The third kappa shape index (κ3) is 2.30. The molecule has 118 valence electrons. The third-order valence-corrected chi connectivity index (χ3v) is 4.56. The lowest BCUT2D eigenvalue weighted by Gasteiger charge is -2.22. The zero-order valence-electron chi connectivity index (χ0n) is 12.6. The van der Waals surface area contributed by atoms with Gasteiger partial charge in [-0.25, -0.2) is 9.50 Å². The van der Waals surface area contributed by atoms with Crippen LogP contribution in [0.3, 0.4) is 0 Å². The van der Waals surface area contributed by atoms with Crippen LogP contribution in [0.5, 0.6) is 0 Å². The molecule has 3 aromatic heterocycles. The number of hydrogen-bond acceptors (Lipinski definition) is 4. The average molecular weight is 311 g/mol. The highest BCUT2D eigenvalue weighted by atomic mass is 16.3. The molecule has 1 aliphatic rings. The molecule has 0 radical (unpaired) electrons. The van der Waals surface area contributed by atoms with E-state index >= 15 is 0 Å². The molecule has 0 aliphatic heterocycles. The van der Waals surface area contributed by atoms with E-state index in [1.165, 1.54) is 10.9 Å². The van der Waals surface area contributed by atoms with Crippen molar-refractivity contribution in [2.45, 2.75) is 38.0 Å². The van der Waals surface area contributed by atoms with E-state index < -0.39 is 0 Å². The second kappa shape index (κ2) is 5.53. The van der Waals surface area contributed by atoms with Crippen molar-refractivity contribution >= 4 is 11.9 Å². The summed E-state index contributed by atoms with van der Waals surface area (Å²) < 4.78 is 6.86. The molecule has 6 nitrogen and oxygen atoms in total. The van der Waals surface area contributed by atoms with Crippen LogP contribution in [0.4, 0.5) is 0 Å². The number of carbonyl (C=O) groups is 1. The van der Waals surface area contributed by atoms with Gasteiger partial charge in [0.1, 0.15) is 5.69 Å². The van der Waals surface area contributed by atoms with E-state index in [0.717, 1.165) is 25.7 Å². The molecule has 0 spiro atoms. The Bertz CT molecular complexity index is 899. The summed E-state index contributed by atoms with van der Waals surface area (Å²) in [7, 11) is 0. The smallest absolute Gasteiger partial charge is 0.276 e. The molecule has 1 aliphatic carbocycles. The number of aldehydes is 1. The Morgan fingerprint density at radius 1 is 1.30 bits per heavy atom. The number of nitrogens with one attached hydrogen (secondary N) is 1. The molecule has 4 rings (SSSR count). The molecule has 0 atom stereocenters. The number of aromatic nitrogens is 3. The first-order valence-corrected chi connectivity index (χ1v) is 7.92. The molecule has 0 bridgehead atoms. The summed E-state index contributed by atoms with van der Waals surface area (Å²) in [6.45, 7) is 0. The van der Waals surface area contributed by atoms with Gasteiger partial charge in [-0.15, -0.1) is 0 Å². The lowest BCUT2D eigenvalue weighted by molar-refractivity contribution is 0.111. The number of furan rings is 1. The van der Waals surface area contributed by atoms with Crippen molar-refractivity contribution < 1.29 is 9.21 Å². The zero-order chi connectivity index (χ0) is 15.8. The van der Waals surface area contributed by atoms with Crippen molar-refractivity contribution in [2.75, 3.05) is 0 Å². The molecule has 0 aromatic carbocycles. The first-order chi connectivity index (χ1) is 11.3. The van der Waals surface area contributed by atoms with Crippen LogP contribution in [-0.4, -0.2) is 20.9 Å². The Balaban J connectivity index is 1.99. The monoisotopic (exact) mass is 311 g/mol. The van der Waals surface area contributed by atoms with Crippen LogP contribution in [0.1, 0.15) is 54.1 Å². The van der Waals surface area contributed by atoms with Crippen LogP contribution in [0.25, 0.3) is 17.1 Å². The fourth-order valence-electron chi connectivity index (χ4n) is 3.48. The Morgan fingerprint density at radius 3 is 2.83 bits per heavy atom. The van der Waals surface area contributed by atoms with Gasteiger partial charge in [0.25, 0.3) is 5.56 Å². The van der Waals surface area contributed by atoms with Crippen molar-refractivity contribution in [1.29, 1.82) is 0 Å². The van der Waals surface area contributed by atoms with E-state index in [-0.39, 0.29) is 11.5 Å². The van der Waals surface area contributed by atoms with Crippen LogP contribution in [0.15, 0.2) is 33.7 Å². The Hall–Kier alpha value is -2.63. The number of hydrogen-bond donors (Lipinski definition) is 1. The van der Waals surface area contributed by atoms with E-state index in [4.69, 9.17) is 4.42 Å². The van der Waals surface area contributed by atoms with Gasteiger partial charge in [-0.2, -0.15) is 0 Å². The van der Waals surface area contributed by atoms with Crippen LogP contribution in [-0.2, 0) is 0 Å². The molecule has 1 N–H and O–H groups in total. The first-order valence-electron chi connectivity index (χ1n) is 7.92. The van der Waals surface area contributed by atoms with E-state index in [9.17, 15) is 9.59 Å². The van der Waals surface area contributed by atoms with Crippen molar-refractivity contribution in [2.24, 2.45) is 0 Å². The number of H-pyrrole nitrogens is 1. The molecule has 0 unspecified atom stereocenters. The second-order valence-corrected chi connectivity index (χ2v) is 6.01. The molecule has 23 heavy (non-hydrogen) atoms. The topological polar surface area (TPSA) is 80.4 Å². The fraction of sp³-hybridized carbons (Fsp3) is 0.353. The zero-order valence-corrected chi connectivity index (χ0v) is 12.6. The van der Waals surface area contributed by atoms with Crippen molar-refractivity contribution in [3.05, 3.63) is 46.1 Å². The minimum Gasteiger partial charge on any atom is -0.463 e. The minimum atomic E-state index is -0.138. The maximum absolute atomic E-state index is 13.0. The summed E-state index contributed by atoms with van der Waals surface area (Å²) in [6, 6.07) is 5.18. The molecular formula is C17H17N3O3. The van der Waals surface area contributed by atoms with Gasteiger partial charge in [0.2, 0.25) is 0 Å².